The van der Waals surface area contributed by atoms with Crippen LogP contribution in [0.25, 0.3) is 0 Å². The molecular weight excluding hydrogens is 162 g/mol. The van der Waals surface area contributed by atoms with Crippen molar-refractivity contribution in [1.29, 1.82) is 0 Å². The highest BCUT2D eigenvalue weighted by Crippen LogP contribution is 2.01. The number of unbranched alkanes of at least 4 members (excludes halogenated alkanes) is 2. The maximum atomic E-state index is 9.93. The molecular formula is C11H15NO. The first-order chi connectivity index (χ1) is 6.35. The average Bonchev–Trinajstić information content (AvgIpc) is 2.16. The van der Waals surface area contributed by atoms with Gasteiger partial charge in [-0.25, -0.2) is 4.79 Å². The van der Waals surface area contributed by atoms with Gasteiger partial charge in [0, 0.05) is 0 Å². The summed E-state index contributed by atoms with van der Waals surface area (Å²) in [4.78, 5) is 13.4. The van der Waals surface area contributed by atoms with Crippen molar-refractivity contribution in [2.24, 2.45) is 4.99 Å². The van der Waals surface area contributed by atoms with Crippen LogP contribution in [0.1, 0.15) is 26.2 Å². The van der Waals surface area contributed by atoms with E-state index in [9.17, 15) is 4.79 Å². The lowest BCUT2D eigenvalue weighted by molar-refractivity contribution is 0.565. The van der Waals surface area contributed by atoms with Crippen molar-refractivity contribution >= 4 is 6.08 Å². The second kappa shape index (κ2) is 8.69. The fraction of sp³-hybridized carbons (Fsp3) is 0.364. The SMILES string of the molecule is C=CCCC/C=C\C(=C/C)N=C=O. The van der Waals surface area contributed by atoms with Gasteiger partial charge in [-0.15, -0.1) is 6.58 Å². The molecule has 0 aromatic heterocycles. The Labute approximate surface area is 79.4 Å². The van der Waals surface area contributed by atoms with E-state index in [2.05, 4.69) is 11.6 Å². The van der Waals surface area contributed by atoms with Crippen molar-refractivity contribution in [1.82, 2.24) is 0 Å². The number of aliphatic imine (C=N–C) groups is 1. The minimum absolute atomic E-state index is 0.661. The first-order valence-corrected chi connectivity index (χ1v) is 4.36. The zero-order valence-electron chi connectivity index (χ0n) is 7.99. The number of isocyanates is 1. The molecule has 13 heavy (non-hydrogen) atoms. The summed E-state index contributed by atoms with van der Waals surface area (Å²) in [6.45, 7) is 5.47. The van der Waals surface area contributed by atoms with Gasteiger partial charge in [0.2, 0.25) is 6.08 Å². The highest BCUT2D eigenvalue weighted by Gasteiger charge is 1.84. The van der Waals surface area contributed by atoms with Crippen molar-refractivity contribution < 1.29 is 4.79 Å². The van der Waals surface area contributed by atoms with Crippen LogP contribution in [0.15, 0.2) is 41.6 Å². The Morgan fingerprint density at radius 1 is 1.54 bits per heavy atom. The topological polar surface area (TPSA) is 29.4 Å². The molecule has 0 radical (unpaired) electrons. The summed E-state index contributed by atoms with van der Waals surface area (Å²) in [7, 11) is 0. The van der Waals surface area contributed by atoms with Crippen LogP contribution in [0.4, 0.5) is 0 Å². The van der Waals surface area contributed by atoms with Gasteiger partial charge < -0.3 is 0 Å². The molecule has 0 atom stereocenters. The van der Waals surface area contributed by atoms with Crippen molar-refractivity contribution in [3.8, 4) is 0 Å². The summed E-state index contributed by atoms with van der Waals surface area (Å²) in [6, 6.07) is 0. The van der Waals surface area contributed by atoms with E-state index in [1.807, 2.05) is 25.2 Å². The molecule has 0 bridgehead atoms. The van der Waals surface area contributed by atoms with Crippen LogP contribution in [-0.4, -0.2) is 6.08 Å². The summed E-state index contributed by atoms with van der Waals surface area (Å²) in [5, 5.41) is 0. The standard InChI is InChI=1S/C11H15NO/c1-3-5-6-7-8-9-11(4-2)12-10-13/h3-4,8-9H,1,5-7H2,2H3/b9-8-,11-4+. The maximum absolute atomic E-state index is 9.93. The van der Waals surface area contributed by atoms with Gasteiger partial charge in [0.1, 0.15) is 0 Å². The molecule has 70 valence electrons. The summed E-state index contributed by atoms with van der Waals surface area (Å²) in [6.07, 6.45) is 12.1. The van der Waals surface area contributed by atoms with E-state index < -0.39 is 0 Å². The molecule has 2 nitrogen and oxygen atoms in total. The fourth-order valence-electron chi connectivity index (χ4n) is 0.835. The Kier molecular flexibility index (Phi) is 7.76. The van der Waals surface area contributed by atoms with Gasteiger partial charge >= 0.3 is 0 Å². The third-order valence-electron chi connectivity index (χ3n) is 1.54. The second-order valence-electron chi connectivity index (χ2n) is 2.54. The Morgan fingerprint density at radius 2 is 2.31 bits per heavy atom. The van der Waals surface area contributed by atoms with Gasteiger partial charge in [-0.2, -0.15) is 4.99 Å². The van der Waals surface area contributed by atoms with E-state index in [0.29, 0.717) is 5.70 Å². The van der Waals surface area contributed by atoms with Crippen molar-refractivity contribution in [2.75, 3.05) is 0 Å². The fourth-order valence-corrected chi connectivity index (χ4v) is 0.835. The molecule has 0 aromatic carbocycles. The minimum Gasteiger partial charge on any atom is -0.211 e. The molecule has 0 heterocycles. The number of allylic oxidation sites excluding steroid dienone is 4. The highest BCUT2D eigenvalue weighted by molar-refractivity contribution is 5.39. The second-order valence-corrected chi connectivity index (χ2v) is 2.54. The number of nitrogens with zero attached hydrogens (tertiary/aromatic N) is 1. The van der Waals surface area contributed by atoms with Gasteiger partial charge in [0.25, 0.3) is 0 Å². The van der Waals surface area contributed by atoms with Crippen molar-refractivity contribution in [3.63, 3.8) is 0 Å². The van der Waals surface area contributed by atoms with E-state index >= 15 is 0 Å². The average molecular weight is 177 g/mol. The van der Waals surface area contributed by atoms with Gasteiger partial charge in [-0.1, -0.05) is 18.2 Å². The number of carbonyl (C=O) groups excluding carboxylic acids is 1. The van der Waals surface area contributed by atoms with Crippen LogP contribution in [-0.2, 0) is 4.79 Å². The van der Waals surface area contributed by atoms with Crippen molar-refractivity contribution in [3.05, 3.63) is 36.6 Å². The molecule has 0 fully saturated rings. The third kappa shape index (κ3) is 6.98. The smallest absolute Gasteiger partial charge is 0.211 e. The van der Waals surface area contributed by atoms with Crippen molar-refractivity contribution in [2.45, 2.75) is 26.2 Å². The molecule has 0 spiro atoms. The van der Waals surface area contributed by atoms with Gasteiger partial charge in [0.15, 0.2) is 0 Å². The number of rotatable bonds is 6. The van der Waals surface area contributed by atoms with Crippen LogP contribution in [0.2, 0.25) is 0 Å². The zero-order valence-corrected chi connectivity index (χ0v) is 7.99. The van der Waals surface area contributed by atoms with Crippen LogP contribution in [0.3, 0.4) is 0 Å². The Hall–Kier alpha value is -1.40. The van der Waals surface area contributed by atoms with E-state index in [1.165, 1.54) is 6.08 Å². The molecule has 0 unspecified atom stereocenters. The lowest BCUT2D eigenvalue weighted by atomic mass is 10.2. The Balaban J connectivity index is 3.81. The van der Waals surface area contributed by atoms with Gasteiger partial charge in [-0.05, 0) is 32.3 Å². The quantitative estimate of drug-likeness (QED) is 0.201. The molecule has 2 heteroatoms. The summed E-state index contributed by atoms with van der Waals surface area (Å²) in [5.74, 6) is 0. The monoisotopic (exact) mass is 177 g/mol. The molecule has 0 saturated heterocycles. The van der Waals surface area contributed by atoms with Crippen LogP contribution in [0, 0.1) is 0 Å². The normalized spacial score (nSPS) is 11.3. The van der Waals surface area contributed by atoms with E-state index in [1.54, 1.807) is 6.08 Å². The molecule has 0 aliphatic rings. The first kappa shape index (κ1) is 11.6. The largest absolute Gasteiger partial charge is 0.240 e. The van der Waals surface area contributed by atoms with Crippen LogP contribution in [0.5, 0.6) is 0 Å². The Bertz CT molecular complexity index is 245. The molecule has 0 aliphatic heterocycles. The number of hydrogen-bond acceptors (Lipinski definition) is 2. The molecule has 0 aliphatic carbocycles. The molecule has 0 saturated carbocycles. The lowest BCUT2D eigenvalue weighted by Gasteiger charge is -1.89. The summed E-state index contributed by atoms with van der Waals surface area (Å²) < 4.78 is 0. The predicted molar refractivity (Wildman–Crippen MR) is 55.1 cm³/mol. The van der Waals surface area contributed by atoms with Gasteiger partial charge in [-0.3, -0.25) is 0 Å². The molecule has 0 aromatic rings. The molecule has 0 rings (SSSR count). The minimum atomic E-state index is 0.661. The Morgan fingerprint density at radius 3 is 2.85 bits per heavy atom. The molecule has 0 amide bonds. The predicted octanol–water partition coefficient (Wildman–Crippen LogP) is 3.14. The van der Waals surface area contributed by atoms with E-state index in [-0.39, 0.29) is 0 Å². The zero-order chi connectivity index (χ0) is 9.94. The highest BCUT2D eigenvalue weighted by atomic mass is 16.1. The van der Waals surface area contributed by atoms with Crippen LogP contribution >= 0.6 is 0 Å². The maximum Gasteiger partial charge on any atom is 0.240 e. The number of hydrogen-bond donors (Lipinski definition) is 0. The lowest BCUT2D eigenvalue weighted by Crippen LogP contribution is -1.72. The van der Waals surface area contributed by atoms with E-state index in [0.717, 1.165) is 19.3 Å². The third-order valence-corrected chi connectivity index (χ3v) is 1.54. The summed E-state index contributed by atoms with van der Waals surface area (Å²) in [5.41, 5.74) is 0.661. The summed E-state index contributed by atoms with van der Waals surface area (Å²) >= 11 is 0. The van der Waals surface area contributed by atoms with E-state index in [4.69, 9.17) is 0 Å². The van der Waals surface area contributed by atoms with Gasteiger partial charge in [0.05, 0.1) is 5.70 Å². The van der Waals surface area contributed by atoms with Crippen LogP contribution < -0.4 is 0 Å². The molecule has 0 N–H and O–H groups in total. The first-order valence-electron chi connectivity index (χ1n) is 4.36.